The molecule has 1 saturated heterocycles. The van der Waals surface area contributed by atoms with Crippen molar-refractivity contribution in [2.75, 3.05) is 25.0 Å². The number of alkyl halides is 3. The van der Waals surface area contributed by atoms with Gasteiger partial charge in [0.15, 0.2) is 0 Å². The van der Waals surface area contributed by atoms with Crippen molar-refractivity contribution in [3.8, 4) is 0 Å². The standard InChI is InChI=1S/C15H15F3N4O/c16-15(17,18)13-2-1-3-14(22-13)21-10-4-5-11(20-8-10)12-9-19-6-7-23-12/h1-5,8,12,19H,6-7,9H2,(H,21,22). The molecular formula is C15H15F3N4O. The molecule has 2 aromatic heterocycles. The van der Waals surface area contributed by atoms with E-state index in [4.69, 9.17) is 4.74 Å². The van der Waals surface area contributed by atoms with Crippen LogP contribution in [0.5, 0.6) is 0 Å². The Labute approximate surface area is 130 Å². The SMILES string of the molecule is FC(F)(F)c1cccc(Nc2ccc(C3CNCCO3)nc2)n1. The molecule has 1 unspecified atom stereocenters. The van der Waals surface area contributed by atoms with E-state index in [0.29, 0.717) is 18.8 Å². The minimum atomic E-state index is -4.47. The summed E-state index contributed by atoms with van der Waals surface area (Å²) in [5, 5.41) is 6.03. The Balaban J connectivity index is 1.71. The van der Waals surface area contributed by atoms with Gasteiger partial charge in [-0.25, -0.2) is 4.98 Å². The Morgan fingerprint density at radius 3 is 2.74 bits per heavy atom. The molecule has 5 nitrogen and oxygen atoms in total. The summed E-state index contributed by atoms with van der Waals surface area (Å²) in [6, 6.07) is 7.23. The van der Waals surface area contributed by atoms with E-state index in [-0.39, 0.29) is 11.9 Å². The quantitative estimate of drug-likeness (QED) is 0.909. The van der Waals surface area contributed by atoms with Gasteiger partial charge in [0.05, 0.1) is 24.2 Å². The van der Waals surface area contributed by atoms with Crippen molar-refractivity contribution in [2.24, 2.45) is 0 Å². The van der Waals surface area contributed by atoms with Crippen LogP contribution in [0.4, 0.5) is 24.7 Å². The Kier molecular flexibility index (Phi) is 4.44. The zero-order valence-electron chi connectivity index (χ0n) is 12.1. The molecule has 0 saturated carbocycles. The number of hydrogen-bond donors (Lipinski definition) is 2. The molecule has 0 amide bonds. The number of pyridine rings is 2. The molecule has 1 aliphatic heterocycles. The summed E-state index contributed by atoms with van der Waals surface area (Å²) in [6.45, 7) is 2.13. The molecule has 8 heteroatoms. The maximum atomic E-state index is 12.6. The molecule has 0 aromatic carbocycles. The number of aromatic nitrogens is 2. The number of nitrogens with one attached hydrogen (secondary N) is 2. The summed E-state index contributed by atoms with van der Waals surface area (Å²) in [4.78, 5) is 7.85. The van der Waals surface area contributed by atoms with Gasteiger partial charge in [-0.3, -0.25) is 4.98 Å². The second-order valence-electron chi connectivity index (χ2n) is 5.07. The number of halogens is 3. The molecule has 0 bridgehead atoms. The first-order chi connectivity index (χ1) is 11.0. The smallest absolute Gasteiger partial charge is 0.369 e. The van der Waals surface area contributed by atoms with Crippen LogP contribution >= 0.6 is 0 Å². The molecule has 3 heterocycles. The zero-order valence-corrected chi connectivity index (χ0v) is 12.1. The topological polar surface area (TPSA) is 59.1 Å². The van der Waals surface area contributed by atoms with Gasteiger partial charge < -0.3 is 15.4 Å². The lowest BCUT2D eigenvalue weighted by Gasteiger charge is -2.23. The maximum absolute atomic E-state index is 12.6. The third kappa shape index (κ3) is 3.96. The second kappa shape index (κ2) is 6.51. The normalized spacial score (nSPS) is 18.7. The molecule has 23 heavy (non-hydrogen) atoms. The van der Waals surface area contributed by atoms with Crippen molar-refractivity contribution in [1.29, 1.82) is 0 Å². The highest BCUT2D eigenvalue weighted by atomic mass is 19.4. The van der Waals surface area contributed by atoms with E-state index in [9.17, 15) is 13.2 Å². The van der Waals surface area contributed by atoms with Gasteiger partial charge in [-0.2, -0.15) is 13.2 Å². The molecule has 2 aromatic rings. The van der Waals surface area contributed by atoms with Crippen molar-refractivity contribution in [3.63, 3.8) is 0 Å². The molecule has 1 atom stereocenters. The van der Waals surface area contributed by atoms with Gasteiger partial charge in [0.2, 0.25) is 0 Å². The summed E-state index contributed by atoms with van der Waals surface area (Å²) < 4.78 is 43.5. The van der Waals surface area contributed by atoms with Gasteiger partial charge >= 0.3 is 6.18 Å². The van der Waals surface area contributed by atoms with E-state index < -0.39 is 11.9 Å². The van der Waals surface area contributed by atoms with Gasteiger partial charge in [-0.15, -0.1) is 0 Å². The average molecular weight is 324 g/mol. The first-order valence-electron chi connectivity index (χ1n) is 7.12. The van der Waals surface area contributed by atoms with Gasteiger partial charge in [-0.05, 0) is 24.3 Å². The molecule has 1 fully saturated rings. The van der Waals surface area contributed by atoms with Crippen LogP contribution in [0.3, 0.4) is 0 Å². The van der Waals surface area contributed by atoms with E-state index >= 15 is 0 Å². The van der Waals surface area contributed by atoms with Crippen LogP contribution in [-0.2, 0) is 10.9 Å². The number of morpholine rings is 1. The van der Waals surface area contributed by atoms with Crippen LogP contribution < -0.4 is 10.6 Å². The molecule has 3 rings (SSSR count). The first-order valence-corrected chi connectivity index (χ1v) is 7.12. The highest BCUT2D eigenvalue weighted by molar-refractivity contribution is 5.55. The molecule has 2 N–H and O–H groups in total. The van der Waals surface area contributed by atoms with E-state index in [1.165, 1.54) is 12.1 Å². The summed E-state index contributed by atoms with van der Waals surface area (Å²) in [5.41, 5.74) is 0.401. The summed E-state index contributed by atoms with van der Waals surface area (Å²) in [6.07, 6.45) is -3.02. The summed E-state index contributed by atoms with van der Waals surface area (Å²) >= 11 is 0. The Morgan fingerprint density at radius 1 is 1.22 bits per heavy atom. The maximum Gasteiger partial charge on any atom is 0.433 e. The average Bonchev–Trinajstić information content (AvgIpc) is 2.56. The van der Waals surface area contributed by atoms with Gasteiger partial charge in [0.25, 0.3) is 0 Å². The number of anilines is 2. The van der Waals surface area contributed by atoms with Crippen LogP contribution in [0.2, 0.25) is 0 Å². The molecule has 0 aliphatic carbocycles. The predicted octanol–water partition coefficient (Wildman–Crippen LogP) is 2.90. The highest BCUT2D eigenvalue weighted by Crippen LogP contribution is 2.28. The van der Waals surface area contributed by atoms with Crippen LogP contribution in [0.1, 0.15) is 17.5 Å². The summed E-state index contributed by atoms with van der Waals surface area (Å²) in [7, 11) is 0. The Morgan fingerprint density at radius 2 is 2.09 bits per heavy atom. The Bertz CT molecular complexity index is 655. The number of nitrogens with zero attached hydrogens (tertiary/aromatic N) is 2. The highest BCUT2D eigenvalue weighted by Gasteiger charge is 2.32. The van der Waals surface area contributed by atoms with Crippen molar-refractivity contribution in [2.45, 2.75) is 12.3 Å². The lowest BCUT2D eigenvalue weighted by molar-refractivity contribution is -0.141. The predicted molar refractivity (Wildman–Crippen MR) is 78.3 cm³/mol. The fraction of sp³-hybridized carbons (Fsp3) is 0.333. The molecule has 1 aliphatic rings. The van der Waals surface area contributed by atoms with Crippen molar-refractivity contribution >= 4 is 11.5 Å². The largest absolute Gasteiger partial charge is 0.433 e. The lowest BCUT2D eigenvalue weighted by atomic mass is 10.2. The fourth-order valence-electron chi connectivity index (χ4n) is 2.24. The van der Waals surface area contributed by atoms with Gasteiger partial charge in [0, 0.05) is 13.1 Å². The molecule has 122 valence electrons. The second-order valence-corrected chi connectivity index (χ2v) is 5.07. The molecule has 0 spiro atoms. The minimum Gasteiger partial charge on any atom is -0.369 e. The van der Waals surface area contributed by atoms with Crippen molar-refractivity contribution in [3.05, 3.63) is 47.9 Å². The van der Waals surface area contributed by atoms with Gasteiger partial charge in [-0.1, -0.05) is 6.07 Å². The summed E-state index contributed by atoms with van der Waals surface area (Å²) in [5.74, 6) is 0.116. The first kappa shape index (κ1) is 15.7. The van der Waals surface area contributed by atoms with Gasteiger partial charge in [0.1, 0.15) is 17.6 Å². The lowest BCUT2D eigenvalue weighted by Crippen LogP contribution is -2.33. The third-order valence-electron chi connectivity index (χ3n) is 3.36. The van der Waals surface area contributed by atoms with E-state index in [1.54, 1.807) is 18.3 Å². The number of rotatable bonds is 3. The molecular weight excluding hydrogens is 309 g/mol. The molecule has 0 radical (unpaired) electrons. The van der Waals surface area contributed by atoms with E-state index in [0.717, 1.165) is 18.3 Å². The van der Waals surface area contributed by atoms with E-state index in [2.05, 4.69) is 20.6 Å². The van der Waals surface area contributed by atoms with Crippen LogP contribution in [0, 0.1) is 0 Å². The number of ether oxygens (including phenoxy) is 1. The Hall–Kier alpha value is -2.19. The van der Waals surface area contributed by atoms with Crippen LogP contribution in [-0.4, -0.2) is 29.7 Å². The monoisotopic (exact) mass is 324 g/mol. The number of hydrogen-bond acceptors (Lipinski definition) is 5. The van der Waals surface area contributed by atoms with Crippen molar-refractivity contribution in [1.82, 2.24) is 15.3 Å². The van der Waals surface area contributed by atoms with Crippen LogP contribution in [0.15, 0.2) is 36.5 Å². The zero-order chi connectivity index (χ0) is 16.3. The van der Waals surface area contributed by atoms with Crippen LogP contribution in [0.25, 0.3) is 0 Å². The minimum absolute atomic E-state index is 0.107. The van der Waals surface area contributed by atoms with Crippen molar-refractivity contribution < 1.29 is 17.9 Å². The van der Waals surface area contributed by atoms with E-state index in [1.807, 2.05) is 0 Å². The fourth-order valence-corrected chi connectivity index (χ4v) is 2.24. The third-order valence-corrected chi connectivity index (χ3v) is 3.36.